The molecule has 2 rings (SSSR count). The average molecular weight is 284 g/mol. The van der Waals surface area contributed by atoms with E-state index in [1.807, 2.05) is 19.1 Å². The summed E-state index contributed by atoms with van der Waals surface area (Å²) < 4.78 is 5.31. The van der Waals surface area contributed by atoms with Crippen LogP contribution >= 0.6 is 0 Å². The first-order valence-corrected chi connectivity index (χ1v) is 6.44. The maximum absolute atomic E-state index is 11.5. The van der Waals surface area contributed by atoms with Gasteiger partial charge in [-0.05, 0) is 31.2 Å². The predicted molar refractivity (Wildman–Crippen MR) is 80.5 cm³/mol. The number of benzene rings is 2. The Hall–Kier alpha value is -2.82. The molecule has 0 heterocycles. The number of aromatic hydroxyl groups is 1. The monoisotopic (exact) mass is 284 g/mol. The largest absolute Gasteiger partial charge is 0.507 e. The number of nitrogens with zero attached hydrogens (tertiary/aromatic N) is 1. The normalized spacial score (nSPS) is 10.5. The van der Waals surface area contributed by atoms with Gasteiger partial charge < -0.3 is 9.84 Å². The highest BCUT2D eigenvalue weighted by molar-refractivity contribution is 5.85. The molecule has 0 radical (unpaired) electrons. The van der Waals surface area contributed by atoms with Gasteiger partial charge in [-0.1, -0.05) is 29.8 Å². The van der Waals surface area contributed by atoms with E-state index >= 15 is 0 Å². The van der Waals surface area contributed by atoms with Gasteiger partial charge in [-0.15, -0.1) is 0 Å². The van der Waals surface area contributed by atoms with Gasteiger partial charge >= 0.3 is 0 Å². The van der Waals surface area contributed by atoms with Crippen LogP contribution in [0.15, 0.2) is 53.6 Å². The zero-order chi connectivity index (χ0) is 15.1. The number of hydrazone groups is 1. The molecule has 0 aliphatic carbocycles. The fourth-order valence-electron chi connectivity index (χ4n) is 1.59. The van der Waals surface area contributed by atoms with Crippen molar-refractivity contribution in [3.8, 4) is 11.5 Å². The van der Waals surface area contributed by atoms with E-state index in [0.717, 1.165) is 5.56 Å². The van der Waals surface area contributed by atoms with E-state index in [9.17, 15) is 9.90 Å². The van der Waals surface area contributed by atoms with E-state index in [-0.39, 0.29) is 18.3 Å². The number of nitrogens with one attached hydrogen (secondary N) is 1. The predicted octanol–water partition coefficient (Wildman–Crippen LogP) is 2.23. The molecule has 2 aromatic rings. The standard InChI is InChI=1S/C16H16N2O3/c1-12-6-8-14(9-7-12)21-11-16(20)18-17-10-13-4-2-3-5-15(13)19/h2-10,19H,11H2,1H3,(H,18,20). The first-order valence-electron chi connectivity index (χ1n) is 6.44. The van der Waals surface area contributed by atoms with Crippen molar-refractivity contribution in [2.24, 2.45) is 5.10 Å². The van der Waals surface area contributed by atoms with Crippen molar-refractivity contribution in [1.82, 2.24) is 5.43 Å². The Balaban J connectivity index is 1.80. The second-order valence-electron chi connectivity index (χ2n) is 4.45. The zero-order valence-electron chi connectivity index (χ0n) is 11.6. The summed E-state index contributed by atoms with van der Waals surface area (Å²) in [5.41, 5.74) is 3.98. The number of phenolic OH excluding ortho intramolecular Hbond substituents is 1. The van der Waals surface area contributed by atoms with Gasteiger partial charge in [-0.3, -0.25) is 4.79 Å². The lowest BCUT2D eigenvalue weighted by molar-refractivity contribution is -0.123. The summed E-state index contributed by atoms with van der Waals surface area (Å²) in [5.74, 6) is 0.356. The molecule has 0 aliphatic rings. The van der Waals surface area contributed by atoms with E-state index < -0.39 is 0 Å². The Morgan fingerprint density at radius 1 is 1.24 bits per heavy atom. The molecule has 0 aromatic heterocycles. The molecule has 0 aliphatic heterocycles. The van der Waals surface area contributed by atoms with Crippen molar-refractivity contribution in [2.75, 3.05) is 6.61 Å². The number of carbonyl (C=O) groups excluding carboxylic acids is 1. The van der Waals surface area contributed by atoms with Gasteiger partial charge in [0.05, 0.1) is 6.21 Å². The molecule has 0 fully saturated rings. The van der Waals surface area contributed by atoms with Crippen LogP contribution in [0.2, 0.25) is 0 Å². The van der Waals surface area contributed by atoms with Crippen LogP contribution in [-0.4, -0.2) is 23.8 Å². The number of rotatable bonds is 5. The number of phenols is 1. The molecule has 0 saturated carbocycles. The first kappa shape index (κ1) is 14.6. The van der Waals surface area contributed by atoms with Gasteiger partial charge in [0.15, 0.2) is 6.61 Å². The number of amides is 1. The van der Waals surface area contributed by atoms with Crippen LogP contribution in [0, 0.1) is 6.92 Å². The van der Waals surface area contributed by atoms with Crippen LogP contribution in [-0.2, 0) is 4.79 Å². The molecular weight excluding hydrogens is 268 g/mol. The molecule has 0 unspecified atom stereocenters. The molecule has 0 atom stereocenters. The van der Waals surface area contributed by atoms with E-state index in [1.165, 1.54) is 6.21 Å². The third-order valence-electron chi connectivity index (χ3n) is 2.72. The van der Waals surface area contributed by atoms with Crippen LogP contribution in [0.3, 0.4) is 0 Å². The summed E-state index contributed by atoms with van der Waals surface area (Å²) in [4.78, 5) is 11.5. The highest BCUT2D eigenvalue weighted by atomic mass is 16.5. The molecule has 0 spiro atoms. The van der Waals surface area contributed by atoms with Crippen molar-refractivity contribution < 1.29 is 14.6 Å². The van der Waals surface area contributed by atoms with Crippen LogP contribution in [0.1, 0.15) is 11.1 Å². The minimum absolute atomic E-state index is 0.103. The third kappa shape index (κ3) is 4.65. The van der Waals surface area contributed by atoms with Crippen LogP contribution < -0.4 is 10.2 Å². The molecule has 108 valence electrons. The van der Waals surface area contributed by atoms with Gasteiger partial charge in [0, 0.05) is 5.56 Å². The third-order valence-corrected chi connectivity index (χ3v) is 2.72. The van der Waals surface area contributed by atoms with Crippen molar-refractivity contribution in [2.45, 2.75) is 6.92 Å². The smallest absolute Gasteiger partial charge is 0.277 e. The first-order chi connectivity index (χ1) is 10.1. The quantitative estimate of drug-likeness (QED) is 0.653. The fourth-order valence-corrected chi connectivity index (χ4v) is 1.59. The number of carbonyl (C=O) groups is 1. The number of hydrogen-bond donors (Lipinski definition) is 2. The maximum atomic E-state index is 11.5. The lowest BCUT2D eigenvalue weighted by Gasteiger charge is -2.05. The maximum Gasteiger partial charge on any atom is 0.277 e. The minimum Gasteiger partial charge on any atom is -0.507 e. The molecule has 0 bridgehead atoms. The molecule has 2 N–H and O–H groups in total. The average Bonchev–Trinajstić information content (AvgIpc) is 2.49. The zero-order valence-corrected chi connectivity index (χ0v) is 11.6. The highest BCUT2D eigenvalue weighted by Gasteiger charge is 2.01. The lowest BCUT2D eigenvalue weighted by atomic mass is 10.2. The van der Waals surface area contributed by atoms with Gasteiger partial charge in [-0.25, -0.2) is 5.43 Å². The number of aryl methyl sites for hydroxylation is 1. The van der Waals surface area contributed by atoms with Crippen LogP contribution in [0.5, 0.6) is 11.5 Å². The lowest BCUT2D eigenvalue weighted by Crippen LogP contribution is -2.24. The molecular formula is C16H16N2O3. The molecule has 0 saturated heterocycles. The van der Waals surface area contributed by atoms with E-state index in [0.29, 0.717) is 11.3 Å². The Morgan fingerprint density at radius 2 is 1.95 bits per heavy atom. The molecule has 5 heteroatoms. The highest BCUT2D eigenvalue weighted by Crippen LogP contribution is 2.12. The fraction of sp³-hybridized carbons (Fsp3) is 0.125. The Morgan fingerprint density at radius 3 is 2.67 bits per heavy atom. The summed E-state index contributed by atoms with van der Waals surface area (Å²) in [6.45, 7) is 1.85. The summed E-state index contributed by atoms with van der Waals surface area (Å²) in [7, 11) is 0. The van der Waals surface area contributed by atoms with Crippen molar-refractivity contribution in [3.05, 3.63) is 59.7 Å². The van der Waals surface area contributed by atoms with Crippen molar-refractivity contribution >= 4 is 12.1 Å². The number of para-hydroxylation sites is 1. The molecule has 21 heavy (non-hydrogen) atoms. The summed E-state index contributed by atoms with van der Waals surface area (Å²) in [5, 5.41) is 13.3. The Labute approximate surface area is 122 Å². The number of ether oxygens (including phenoxy) is 1. The van der Waals surface area contributed by atoms with Crippen LogP contribution in [0.4, 0.5) is 0 Å². The van der Waals surface area contributed by atoms with Gasteiger partial charge in [-0.2, -0.15) is 5.10 Å². The second kappa shape index (κ2) is 7.09. The van der Waals surface area contributed by atoms with Crippen molar-refractivity contribution in [1.29, 1.82) is 0 Å². The van der Waals surface area contributed by atoms with E-state index in [4.69, 9.17) is 4.74 Å². The SMILES string of the molecule is Cc1ccc(OCC(=O)NN=Cc2ccccc2O)cc1. The van der Waals surface area contributed by atoms with E-state index in [1.54, 1.807) is 36.4 Å². The molecule has 1 amide bonds. The summed E-state index contributed by atoms with van der Waals surface area (Å²) in [6.07, 6.45) is 1.37. The second-order valence-corrected chi connectivity index (χ2v) is 4.45. The van der Waals surface area contributed by atoms with E-state index in [2.05, 4.69) is 10.5 Å². The summed E-state index contributed by atoms with van der Waals surface area (Å²) >= 11 is 0. The van der Waals surface area contributed by atoms with Gasteiger partial charge in [0.2, 0.25) is 0 Å². The topological polar surface area (TPSA) is 70.9 Å². The van der Waals surface area contributed by atoms with Gasteiger partial charge in [0.25, 0.3) is 5.91 Å². The van der Waals surface area contributed by atoms with Gasteiger partial charge in [0.1, 0.15) is 11.5 Å². The Kier molecular flexibility index (Phi) is 4.93. The molecule has 5 nitrogen and oxygen atoms in total. The van der Waals surface area contributed by atoms with Crippen molar-refractivity contribution in [3.63, 3.8) is 0 Å². The Bertz CT molecular complexity index is 636. The summed E-state index contributed by atoms with van der Waals surface area (Å²) in [6, 6.07) is 14.1. The van der Waals surface area contributed by atoms with Crippen LogP contribution in [0.25, 0.3) is 0 Å². The molecule has 2 aromatic carbocycles. The number of hydrogen-bond acceptors (Lipinski definition) is 4. The minimum atomic E-state index is -0.373.